The summed E-state index contributed by atoms with van der Waals surface area (Å²) in [5.41, 5.74) is 0. The molecule has 0 heterocycles. The van der Waals surface area contributed by atoms with Crippen LogP contribution < -0.4 is 123 Å². The summed E-state index contributed by atoms with van der Waals surface area (Å²) in [5, 5.41) is 19.1. The molecule has 0 bridgehead atoms. The molecule has 30 heteroatoms. The zero-order valence-electron chi connectivity index (χ0n) is 31.8. The maximum atomic E-state index is 11.8. The third-order valence-electron chi connectivity index (χ3n) is 5.03. The fourth-order valence-electron chi connectivity index (χ4n) is 3.05. The topological polar surface area (TPSA) is 259 Å². The molecule has 5 N–H and O–H groups in total. The number of primary sulfonamides is 2. The predicted octanol–water partition coefficient (Wildman–Crippen LogP) is 2.79. The smallest absolute Gasteiger partial charge is 1.00 e. The minimum atomic E-state index is -4.13. The van der Waals surface area contributed by atoms with Crippen molar-refractivity contribution in [1.29, 1.82) is 0 Å². The molecular weight excluding hydrogens is 1170 g/mol. The fraction of sp³-hybridized carbons (Fsp3) is 0.100. The quantitative estimate of drug-likeness (QED) is 0.0629. The van der Waals surface area contributed by atoms with Crippen LogP contribution in [-0.4, -0.2) is 49.7 Å². The summed E-state index contributed by atoms with van der Waals surface area (Å²) in [6.07, 6.45) is -1.08. The van der Waals surface area contributed by atoms with Gasteiger partial charge in [0.15, 0.2) is 0 Å². The molecular formula is C30H27BrCl9K2N3O12S3. The second kappa shape index (κ2) is 34.7. The van der Waals surface area contributed by atoms with Crippen molar-refractivity contribution in [1.82, 2.24) is 4.72 Å². The second-order valence-corrected chi connectivity index (χ2v) is 18.5. The fourth-order valence-corrected chi connectivity index (χ4v) is 9.19. The van der Waals surface area contributed by atoms with Crippen LogP contribution in [-0.2, 0) is 49.3 Å². The van der Waals surface area contributed by atoms with E-state index in [1.807, 2.05) is 0 Å². The number of nitrogens with one attached hydrogen (secondary N) is 1. The molecule has 0 radical (unpaired) electrons. The Labute approximate surface area is 486 Å². The summed E-state index contributed by atoms with van der Waals surface area (Å²) >= 11 is 52.9. The largest absolute Gasteiger partial charge is 1.00 e. The molecule has 0 aliphatic rings. The van der Waals surface area contributed by atoms with Crippen LogP contribution in [0.3, 0.4) is 0 Å². The van der Waals surface area contributed by atoms with E-state index in [2.05, 4.69) is 37.2 Å². The van der Waals surface area contributed by atoms with Gasteiger partial charge in [0, 0.05) is 6.92 Å². The maximum absolute atomic E-state index is 11.8. The van der Waals surface area contributed by atoms with Gasteiger partial charge in [-0.3, -0.25) is 9.59 Å². The van der Waals surface area contributed by atoms with Gasteiger partial charge in [0.05, 0.1) is 51.3 Å². The van der Waals surface area contributed by atoms with Crippen LogP contribution in [0.2, 0.25) is 40.2 Å². The molecule has 0 unspecified atom stereocenters. The number of carbonyl (C=O) groups excluding carboxylic acids is 3. The van der Waals surface area contributed by atoms with Gasteiger partial charge >= 0.3 is 109 Å². The average Bonchev–Trinajstić information content (AvgIpc) is 3.06. The SMILES string of the molecule is CC(=O)Cl.CCOC(=O)NS(=O)(=O)c1c(Cl)cccc1Cl.Clc1cccc(Cl)c1Br.NS(=O)(=O)c1c(Cl)cccc1Cl.NS(=O)(=O)c1c(Cl)cccc1Cl.O=CO[O-].[H-].[K+].[K+]. The third-order valence-corrected chi connectivity index (χ3v) is 13.0. The summed E-state index contributed by atoms with van der Waals surface area (Å²) in [7, 11) is -11.8. The number of hydrogen-bond acceptors (Lipinski definition) is 12. The van der Waals surface area contributed by atoms with Gasteiger partial charge in [0.2, 0.25) is 25.3 Å². The Morgan fingerprint density at radius 3 is 1.08 bits per heavy atom. The van der Waals surface area contributed by atoms with E-state index >= 15 is 0 Å². The Kier molecular flexibility index (Phi) is 39.3. The number of rotatable bonds is 6. The van der Waals surface area contributed by atoms with E-state index in [0.29, 0.717) is 10.0 Å². The van der Waals surface area contributed by atoms with Crippen LogP contribution in [0.4, 0.5) is 4.79 Å². The van der Waals surface area contributed by atoms with Gasteiger partial charge in [0.25, 0.3) is 16.5 Å². The summed E-state index contributed by atoms with van der Waals surface area (Å²) in [6.45, 7) is 2.72. The molecule has 0 aliphatic carbocycles. The second-order valence-electron chi connectivity index (χ2n) is 9.27. The molecule has 0 spiro atoms. The maximum Gasteiger partial charge on any atom is 1.00 e. The number of hydrogen-bond donors (Lipinski definition) is 3. The van der Waals surface area contributed by atoms with Crippen molar-refractivity contribution in [2.24, 2.45) is 10.3 Å². The molecule has 0 saturated heterocycles. The average molecular weight is 1190 g/mol. The van der Waals surface area contributed by atoms with Gasteiger partial charge in [-0.25, -0.2) is 45.0 Å². The van der Waals surface area contributed by atoms with E-state index in [1.54, 1.807) is 42.0 Å². The summed E-state index contributed by atoms with van der Waals surface area (Å²) < 4.78 is 74.0. The number of amides is 1. The normalized spacial score (nSPS) is 9.98. The Hall–Kier alpha value is 1.38. The zero-order valence-corrected chi connectivity index (χ0v) is 47.9. The first kappa shape index (κ1) is 68.0. The third kappa shape index (κ3) is 28.4. The molecule has 324 valence electrons. The van der Waals surface area contributed by atoms with Crippen molar-refractivity contribution in [2.75, 3.05) is 6.61 Å². The van der Waals surface area contributed by atoms with Crippen molar-refractivity contribution in [3.63, 3.8) is 0 Å². The van der Waals surface area contributed by atoms with Gasteiger partial charge in [0.1, 0.15) is 14.7 Å². The van der Waals surface area contributed by atoms with Crippen molar-refractivity contribution in [3.05, 3.63) is 117 Å². The predicted molar refractivity (Wildman–Crippen MR) is 228 cm³/mol. The number of carbonyl (C=O) groups is 3. The van der Waals surface area contributed by atoms with E-state index in [0.717, 1.165) is 4.47 Å². The number of sulfonamides is 3. The van der Waals surface area contributed by atoms with Gasteiger partial charge in [-0.15, -0.1) is 0 Å². The Balaban J connectivity index is -0.000000216. The number of benzene rings is 4. The molecule has 4 aromatic carbocycles. The minimum absolute atomic E-state index is 0. The Morgan fingerprint density at radius 1 is 0.667 bits per heavy atom. The van der Waals surface area contributed by atoms with E-state index in [1.165, 1.54) is 49.4 Å². The monoisotopic (exact) mass is 1190 g/mol. The molecule has 0 fully saturated rings. The van der Waals surface area contributed by atoms with Gasteiger partial charge in [-0.2, -0.15) is 0 Å². The van der Waals surface area contributed by atoms with Gasteiger partial charge in [-0.1, -0.05) is 117 Å². The van der Waals surface area contributed by atoms with E-state index < -0.39 is 36.2 Å². The van der Waals surface area contributed by atoms with Crippen LogP contribution in [0.5, 0.6) is 0 Å². The first-order valence-electron chi connectivity index (χ1n) is 14.2. The molecule has 0 saturated carbocycles. The van der Waals surface area contributed by atoms with E-state index in [9.17, 15) is 34.8 Å². The van der Waals surface area contributed by atoms with Crippen LogP contribution in [0, 0.1) is 0 Å². The first-order chi connectivity index (χ1) is 26.6. The summed E-state index contributed by atoms with van der Waals surface area (Å²) in [4.78, 5) is 30.7. The zero-order chi connectivity index (χ0) is 45.6. The van der Waals surface area contributed by atoms with Gasteiger partial charge in [-0.05, 0) is 83.0 Å². The van der Waals surface area contributed by atoms with Crippen LogP contribution in [0.1, 0.15) is 15.3 Å². The Bertz CT molecular complexity index is 2200. The number of nitrogens with two attached hydrogens (primary N) is 2. The van der Waals surface area contributed by atoms with Crippen LogP contribution in [0.25, 0.3) is 0 Å². The van der Waals surface area contributed by atoms with Crippen molar-refractivity contribution in [2.45, 2.75) is 28.5 Å². The minimum Gasteiger partial charge on any atom is -1.00 e. The van der Waals surface area contributed by atoms with Crippen molar-refractivity contribution < 1.29 is 159 Å². The molecule has 0 aliphatic heterocycles. The van der Waals surface area contributed by atoms with Crippen molar-refractivity contribution >= 4 is 168 Å². The van der Waals surface area contributed by atoms with Crippen LogP contribution >= 0.6 is 120 Å². The summed E-state index contributed by atoms with van der Waals surface area (Å²) in [5.74, 6) is 0. The molecule has 1 amide bonds. The Morgan fingerprint density at radius 2 is 0.900 bits per heavy atom. The number of ether oxygens (including phenoxy) is 1. The van der Waals surface area contributed by atoms with Crippen LogP contribution in [0.15, 0.2) is 92.0 Å². The van der Waals surface area contributed by atoms with E-state index in [-0.39, 0.29) is 167 Å². The number of halogens is 10. The molecule has 15 nitrogen and oxygen atoms in total. The first-order valence-corrected chi connectivity index (χ1v) is 22.9. The molecule has 60 heavy (non-hydrogen) atoms. The standard InChI is InChI=1S/C9H9Cl2NO4S.C6H3BrCl2.2C6H5Cl2NO2S.C2H3ClO.CH2O3.2K.H/c1-2-16-9(13)12-17(14,15)8-6(10)4-3-5-7(8)11;7-6-4(8)2-1-3-5(6)9;2*7-4-2-1-3-5(8)6(4)12(9,10)11;1-2(3)4;2-1-4-3;;;/h3-5H,2H2,1H3,(H,12,13);1-3H;2*1-3H,(H2,9,10,11);1H3;1,3H;;;/q;;;;;;2*+1;-1/p-1. The van der Waals surface area contributed by atoms with Gasteiger partial charge < -0.3 is 16.3 Å². The van der Waals surface area contributed by atoms with Crippen molar-refractivity contribution in [3.8, 4) is 0 Å². The molecule has 0 aromatic heterocycles. The summed E-state index contributed by atoms with van der Waals surface area (Å²) in [6, 6.07) is 18.3. The molecule has 4 aromatic rings. The van der Waals surface area contributed by atoms with E-state index in [4.69, 9.17) is 113 Å². The molecule has 4 rings (SSSR count). The molecule has 0 atom stereocenters.